The fraction of sp³-hybridized carbons (Fsp3) is 0.583. The average Bonchev–Trinajstić information content (AvgIpc) is 3.00. The number of nitrogens with zero attached hydrogens (tertiary/aromatic N) is 1. The summed E-state index contributed by atoms with van der Waals surface area (Å²) < 4.78 is 5.11. The van der Waals surface area contributed by atoms with Crippen LogP contribution in [0.5, 0.6) is 5.75 Å². The van der Waals surface area contributed by atoms with E-state index in [9.17, 15) is 4.79 Å². The molecule has 0 saturated carbocycles. The number of methoxy groups -OCH3 is 1. The average molecular weight is 254 g/mol. The van der Waals surface area contributed by atoms with Crippen LogP contribution in [0.15, 0.2) is 11.4 Å². The van der Waals surface area contributed by atoms with E-state index in [1.807, 2.05) is 23.3 Å². The molecule has 94 valence electrons. The van der Waals surface area contributed by atoms with Crippen molar-refractivity contribution in [1.82, 2.24) is 10.2 Å². The monoisotopic (exact) mass is 254 g/mol. The van der Waals surface area contributed by atoms with E-state index >= 15 is 0 Å². The summed E-state index contributed by atoms with van der Waals surface area (Å²) in [6.45, 7) is 4.69. The zero-order valence-electron chi connectivity index (χ0n) is 10.2. The quantitative estimate of drug-likeness (QED) is 0.887. The lowest BCUT2D eigenvalue weighted by molar-refractivity contribution is 0.0708. The molecule has 1 aliphatic rings. The molecule has 4 nitrogen and oxygen atoms in total. The largest absolute Gasteiger partial charge is 0.496 e. The summed E-state index contributed by atoms with van der Waals surface area (Å²) in [4.78, 5) is 15.1. The van der Waals surface area contributed by atoms with Gasteiger partial charge in [0.15, 0.2) is 0 Å². The highest BCUT2D eigenvalue weighted by Gasteiger charge is 2.26. The Balaban J connectivity index is 2.10. The van der Waals surface area contributed by atoms with Crippen molar-refractivity contribution in [1.29, 1.82) is 0 Å². The van der Waals surface area contributed by atoms with Gasteiger partial charge in [0.25, 0.3) is 5.91 Å². The molecule has 2 rings (SSSR count). The number of carbonyl (C=O) groups is 1. The van der Waals surface area contributed by atoms with Crippen molar-refractivity contribution in [3.63, 3.8) is 0 Å². The molecule has 5 heteroatoms. The lowest BCUT2D eigenvalue weighted by Crippen LogP contribution is -2.41. The molecule has 1 saturated heterocycles. The van der Waals surface area contributed by atoms with E-state index in [0.717, 1.165) is 36.7 Å². The fourth-order valence-corrected chi connectivity index (χ4v) is 2.96. The third kappa shape index (κ3) is 2.61. The van der Waals surface area contributed by atoms with Crippen molar-refractivity contribution < 1.29 is 9.53 Å². The van der Waals surface area contributed by atoms with Crippen LogP contribution in [0, 0.1) is 0 Å². The molecule has 1 aliphatic heterocycles. The summed E-state index contributed by atoms with van der Waals surface area (Å²) in [6, 6.07) is 2.15. The second-order valence-corrected chi connectivity index (χ2v) is 5.00. The van der Waals surface area contributed by atoms with Gasteiger partial charge in [-0.2, -0.15) is 0 Å². The van der Waals surface area contributed by atoms with Crippen molar-refractivity contribution in [3.8, 4) is 5.75 Å². The number of hydrogen-bond acceptors (Lipinski definition) is 4. The third-order valence-electron chi connectivity index (χ3n) is 3.10. The molecule has 1 aromatic heterocycles. The van der Waals surface area contributed by atoms with Crippen molar-refractivity contribution >= 4 is 17.2 Å². The van der Waals surface area contributed by atoms with Crippen molar-refractivity contribution in [2.45, 2.75) is 19.4 Å². The molecular formula is C12H18N2O2S. The highest BCUT2D eigenvalue weighted by molar-refractivity contribution is 7.12. The van der Waals surface area contributed by atoms with Gasteiger partial charge in [0.2, 0.25) is 0 Å². The predicted octanol–water partition coefficient (Wildman–Crippen LogP) is 1.58. The smallest absolute Gasteiger partial charge is 0.264 e. The molecule has 0 bridgehead atoms. The van der Waals surface area contributed by atoms with E-state index in [1.165, 1.54) is 11.3 Å². The van der Waals surface area contributed by atoms with E-state index in [2.05, 4.69) is 5.32 Å². The van der Waals surface area contributed by atoms with Gasteiger partial charge in [-0.3, -0.25) is 4.79 Å². The molecule has 2 heterocycles. The number of carbonyl (C=O) groups excluding carboxylic acids is 1. The van der Waals surface area contributed by atoms with E-state index in [0.29, 0.717) is 6.04 Å². The van der Waals surface area contributed by atoms with Crippen molar-refractivity contribution in [2.24, 2.45) is 0 Å². The van der Waals surface area contributed by atoms with E-state index in [4.69, 9.17) is 4.74 Å². The van der Waals surface area contributed by atoms with Crippen molar-refractivity contribution in [2.75, 3.05) is 26.7 Å². The third-order valence-corrected chi connectivity index (χ3v) is 4.00. The Morgan fingerprint density at radius 1 is 1.71 bits per heavy atom. The number of nitrogens with one attached hydrogen (secondary N) is 1. The fourth-order valence-electron chi connectivity index (χ4n) is 2.15. The molecule has 1 amide bonds. The zero-order valence-corrected chi connectivity index (χ0v) is 11.0. The van der Waals surface area contributed by atoms with Crippen LogP contribution in [0.1, 0.15) is 23.0 Å². The van der Waals surface area contributed by atoms with Crippen LogP contribution in [0.25, 0.3) is 0 Å². The predicted molar refractivity (Wildman–Crippen MR) is 68.9 cm³/mol. The van der Waals surface area contributed by atoms with Gasteiger partial charge in [0, 0.05) is 30.6 Å². The molecule has 0 spiro atoms. The van der Waals surface area contributed by atoms with Gasteiger partial charge in [-0.1, -0.05) is 0 Å². The van der Waals surface area contributed by atoms with Gasteiger partial charge in [-0.25, -0.2) is 0 Å². The van der Waals surface area contributed by atoms with Gasteiger partial charge < -0.3 is 15.0 Å². The molecule has 1 fully saturated rings. The summed E-state index contributed by atoms with van der Waals surface area (Å²) in [5, 5.41) is 5.16. The summed E-state index contributed by atoms with van der Waals surface area (Å²) in [5.41, 5.74) is 0. The topological polar surface area (TPSA) is 41.6 Å². The van der Waals surface area contributed by atoms with Gasteiger partial charge in [0.05, 0.1) is 12.0 Å². The minimum Gasteiger partial charge on any atom is -0.496 e. The molecule has 1 unspecified atom stereocenters. The lowest BCUT2D eigenvalue weighted by atomic mass is 10.2. The Kier molecular flexibility index (Phi) is 4.02. The van der Waals surface area contributed by atoms with E-state index < -0.39 is 0 Å². The van der Waals surface area contributed by atoms with Crippen LogP contribution in [0.3, 0.4) is 0 Å². The Morgan fingerprint density at radius 2 is 2.53 bits per heavy atom. The van der Waals surface area contributed by atoms with Gasteiger partial charge in [-0.05, 0) is 19.9 Å². The van der Waals surface area contributed by atoms with Gasteiger partial charge in [0.1, 0.15) is 5.75 Å². The van der Waals surface area contributed by atoms with E-state index in [-0.39, 0.29) is 5.91 Å². The van der Waals surface area contributed by atoms with Crippen LogP contribution in [0.2, 0.25) is 0 Å². The molecule has 1 aromatic rings. The van der Waals surface area contributed by atoms with Crippen molar-refractivity contribution in [3.05, 3.63) is 16.3 Å². The number of likely N-dealkylation sites (N-methyl/N-ethyl adjacent to an activating group) is 1. The SMILES string of the molecule is CCN(C(=O)c1cc(OC)cs1)C1CCNC1. The highest BCUT2D eigenvalue weighted by atomic mass is 32.1. The van der Waals surface area contributed by atoms with Crippen LogP contribution >= 0.6 is 11.3 Å². The van der Waals surface area contributed by atoms with Crippen LogP contribution in [-0.4, -0.2) is 43.6 Å². The molecule has 1 N–H and O–H groups in total. The second-order valence-electron chi connectivity index (χ2n) is 4.09. The molecule has 0 aromatic carbocycles. The Hall–Kier alpha value is -1.07. The second kappa shape index (κ2) is 5.51. The maximum atomic E-state index is 12.3. The number of amides is 1. The Morgan fingerprint density at radius 3 is 3.06 bits per heavy atom. The maximum Gasteiger partial charge on any atom is 0.264 e. The highest BCUT2D eigenvalue weighted by Crippen LogP contribution is 2.23. The van der Waals surface area contributed by atoms with Gasteiger partial charge in [-0.15, -0.1) is 11.3 Å². The normalized spacial score (nSPS) is 19.3. The molecule has 0 aliphatic carbocycles. The number of hydrogen-bond donors (Lipinski definition) is 1. The summed E-state index contributed by atoms with van der Waals surface area (Å²) in [5.74, 6) is 0.883. The minimum atomic E-state index is 0.120. The first-order valence-electron chi connectivity index (χ1n) is 5.90. The summed E-state index contributed by atoms with van der Waals surface area (Å²) in [6.07, 6.45) is 1.04. The Bertz CT molecular complexity index is 386. The maximum absolute atomic E-state index is 12.3. The van der Waals surface area contributed by atoms with Crippen LogP contribution < -0.4 is 10.1 Å². The lowest BCUT2D eigenvalue weighted by Gasteiger charge is -2.26. The van der Waals surface area contributed by atoms with Crippen LogP contribution in [0.4, 0.5) is 0 Å². The summed E-state index contributed by atoms with van der Waals surface area (Å²) >= 11 is 1.45. The number of ether oxygens (including phenoxy) is 1. The zero-order chi connectivity index (χ0) is 12.3. The van der Waals surface area contributed by atoms with Gasteiger partial charge >= 0.3 is 0 Å². The Labute approximate surface area is 106 Å². The van der Waals surface area contributed by atoms with Crippen LogP contribution in [-0.2, 0) is 0 Å². The molecule has 1 atom stereocenters. The first-order valence-corrected chi connectivity index (χ1v) is 6.78. The molecule has 17 heavy (non-hydrogen) atoms. The standard InChI is InChI=1S/C12H18N2O2S/c1-3-14(9-4-5-13-7-9)12(15)11-6-10(16-2)8-17-11/h6,8-9,13H,3-5,7H2,1-2H3. The van der Waals surface area contributed by atoms with E-state index in [1.54, 1.807) is 7.11 Å². The minimum absolute atomic E-state index is 0.120. The molecular weight excluding hydrogens is 236 g/mol. The first-order chi connectivity index (χ1) is 8.26. The number of thiophene rings is 1. The summed E-state index contributed by atoms with van der Waals surface area (Å²) in [7, 11) is 1.62. The number of rotatable bonds is 4. The first kappa shape index (κ1) is 12.4. The molecule has 0 radical (unpaired) electrons.